The molecule has 1 aliphatic rings. The minimum absolute atomic E-state index is 0.110. The molecule has 3 rings (SSSR count). The lowest BCUT2D eigenvalue weighted by Gasteiger charge is -2.37. The molecule has 1 amide bonds. The fraction of sp³-hybridized carbons (Fsp3) is 0.381. The number of amides is 1. The van der Waals surface area contributed by atoms with E-state index in [9.17, 15) is 19.3 Å². The number of likely N-dealkylation sites (N-methyl/N-ethyl adjacent to an activating group) is 1. The Hall–Kier alpha value is -2.80. The van der Waals surface area contributed by atoms with Gasteiger partial charge in [0.25, 0.3) is 11.6 Å². The summed E-state index contributed by atoms with van der Waals surface area (Å²) in [6.07, 6.45) is 2.63. The molecule has 0 aromatic heterocycles. The summed E-state index contributed by atoms with van der Waals surface area (Å²) in [7, 11) is 2.10. The standard InChI is InChI=1S/C21H24FN3O3/c1-23(12-9-16-5-3-2-4-6-16)17-10-13-24(14-11-17)21(26)19-8-7-18(25(27)28)15-20(19)22/h2-8,15,17H,9-14H2,1H3. The number of rotatable bonds is 6. The van der Waals surface area contributed by atoms with Crippen LogP contribution in [0.15, 0.2) is 48.5 Å². The molecule has 1 heterocycles. The Balaban J connectivity index is 1.53. The second-order valence-electron chi connectivity index (χ2n) is 7.16. The van der Waals surface area contributed by atoms with Gasteiger partial charge in [-0.1, -0.05) is 30.3 Å². The highest BCUT2D eigenvalue weighted by Gasteiger charge is 2.27. The molecule has 6 nitrogen and oxygen atoms in total. The van der Waals surface area contributed by atoms with E-state index < -0.39 is 16.6 Å². The van der Waals surface area contributed by atoms with E-state index in [1.165, 1.54) is 17.7 Å². The number of nitro groups is 1. The molecule has 0 saturated carbocycles. The number of non-ortho nitro benzene ring substituents is 1. The molecule has 0 N–H and O–H groups in total. The van der Waals surface area contributed by atoms with Crippen molar-refractivity contribution in [3.63, 3.8) is 0 Å². The minimum atomic E-state index is -0.846. The third-order valence-electron chi connectivity index (χ3n) is 5.36. The number of likely N-dealkylation sites (tertiary alicyclic amines) is 1. The lowest BCUT2D eigenvalue weighted by molar-refractivity contribution is -0.385. The Morgan fingerprint density at radius 2 is 1.89 bits per heavy atom. The van der Waals surface area contributed by atoms with E-state index in [0.29, 0.717) is 19.1 Å². The van der Waals surface area contributed by atoms with Crippen LogP contribution in [0.3, 0.4) is 0 Å². The molecule has 1 saturated heterocycles. The van der Waals surface area contributed by atoms with Gasteiger partial charge in [-0.05, 0) is 37.9 Å². The second-order valence-corrected chi connectivity index (χ2v) is 7.16. The fourth-order valence-corrected chi connectivity index (χ4v) is 3.60. The summed E-state index contributed by atoms with van der Waals surface area (Å²) < 4.78 is 14.1. The van der Waals surface area contributed by atoms with Gasteiger partial charge < -0.3 is 9.80 Å². The van der Waals surface area contributed by atoms with E-state index in [4.69, 9.17) is 0 Å². The van der Waals surface area contributed by atoms with Crippen LogP contribution < -0.4 is 0 Å². The van der Waals surface area contributed by atoms with Crippen molar-refractivity contribution < 1.29 is 14.1 Å². The molecule has 0 atom stereocenters. The quantitative estimate of drug-likeness (QED) is 0.564. The SMILES string of the molecule is CN(CCc1ccccc1)C1CCN(C(=O)c2ccc([N+](=O)[O-])cc2F)CC1. The summed E-state index contributed by atoms with van der Waals surface area (Å²) >= 11 is 0. The summed E-state index contributed by atoms with van der Waals surface area (Å²) in [5, 5.41) is 10.7. The Kier molecular flexibility index (Phi) is 6.36. The van der Waals surface area contributed by atoms with Gasteiger partial charge in [0.2, 0.25) is 0 Å². The van der Waals surface area contributed by atoms with Gasteiger partial charge in [0.15, 0.2) is 0 Å². The van der Waals surface area contributed by atoms with Crippen molar-refractivity contribution in [2.75, 3.05) is 26.7 Å². The maximum atomic E-state index is 14.1. The number of nitro benzene ring substituents is 1. The number of piperidine rings is 1. The van der Waals surface area contributed by atoms with Crippen molar-refractivity contribution in [3.05, 3.63) is 75.6 Å². The van der Waals surface area contributed by atoms with Gasteiger partial charge in [-0.3, -0.25) is 14.9 Å². The number of carbonyl (C=O) groups is 1. The van der Waals surface area contributed by atoms with Gasteiger partial charge in [0, 0.05) is 31.7 Å². The van der Waals surface area contributed by atoms with Crippen molar-refractivity contribution in [2.24, 2.45) is 0 Å². The first kappa shape index (κ1) is 19.9. The van der Waals surface area contributed by atoms with Crippen LogP contribution in [-0.4, -0.2) is 53.4 Å². The molecular weight excluding hydrogens is 361 g/mol. The Labute approximate surface area is 163 Å². The van der Waals surface area contributed by atoms with Gasteiger partial charge in [0.1, 0.15) is 5.82 Å². The summed E-state index contributed by atoms with van der Waals surface area (Å²) in [6.45, 7) is 2.05. The molecule has 28 heavy (non-hydrogen) atoms. The molecule has 1 aliphatic heterocycles. The maximum absolute atomic E-state index is 14.1. The van der Waals surface area contributed by atoms with E-state index in [1.54, 1.807) is 4.90 Å². The first-order valence-corrected chi connectivity index (χ1v) is 9.43. The average molecular weight is 385 g/mol. The van der Waals surface area contributed by atoms with Crippen LogP contribution in [0.2, 0.25) is 0 Å². The van der Waals surface area contributed by atoms with Crippen LogP contribution in [0.4, 0.5) is 10.1 Å². The number of carbonyl (C=O) groups excluding carboxylic acids is 1. The average Bonchev–Trinajstić information content (AvgIpc) is 2.72. The van der Waals surface area contributed by atoms with Crippen molar-refractivity contribution in [2.45, 2.75) is 25.3 Å². The Bertz CT molecular complexity index is 836. The fourth-order valence-electron chi connectivity index (χ4n) is 3.60. The van der Waals surface area contributed by atoms with E-state index >= 15 is 0 Å². The molecule has 7 heteroatoms. The van der Waals surface area contributed by atoms with E-state index in [0.717, 1.165) is 31.9 Å². The number of benzene rings is 2. The number of hydrogen-bond donors (Lipinski definition) is 0. The number of halogens is 1. The first-order chi connectivity index (χ1) is 13.5. The van der Waals surface area contributed by atoms with Crippen LogP contribution in [0.25, 0.3) is 0 Å². The predicted octanol–water partition coefficient (Wildman–Crippen LogP) is 3.51. The van der Waals surface area contributed by atoms with Crippen molar-refractivity contribution in [3.8, 4) is 0 Å². The summed E-state index contributed by atoms with van der Waals surface area (Å²) in [4.78, 5) is 26.6. The molecule has 148 valence electrons. The highest BCUT2D eigenvalue weighted by atomic mass is 19.1. The van der Waals surface area contributed by atoms with Crippen LogP contribution in [0, 0.1) is 15.9 Å². The summed E-state index contributed by atoms with van der Waals surface area (Å²) in [5.74, 6) is -1.25. The summed E-state index contributed by atoms with van der Waals surface area (Å²) in [5.41, 5.74) is 0.838. The van der Waals surface area contributed by atoms with Crippen molar-refractivity contribution in [1.82, 2.24) is 9.80 Å². The highest BCUT2D eigenvalue weighted by molar-refractivity contribution is 5.94. The lowest BCUT2D eigenvalue weighted by atomic mass is 10.0. The van der Waals surface area contributed by atoms with Gasteiger partial charge in [-0.25, -0.2) is 4.39 Å². The Morgan fingerprint density at radius 3 is 2.50 bits per heavy atom. The third kappa shape index (κ3) is 4.72. The van der Waals surface area contributed by atoms with Crippen LogP contribution in [0.1, 0.15) is 28.8 Å². The monoisotopic (exact) mass is 385 g/mol. The van der Waals surface area contributed by atoms with Gasteiger partial charge >= 0.3 is 0 Å². The first-order valence-electron chi connectivity index (χ1n) is 9.43. The topological polar surface area (TPSA) is 66.7 Å². The van der Waals surface area contributed by atoms with Crippen molar-refractivity contribution in [1.29, 1.82) is 0 Å². The maximum Gasteiger partial charge on any atom is 0.272 e. The predicted molar refractivity (Wildman–Crippen MR) is 105 cm³/mol. The van der Waals surface area contributed by atoms with Crippen LogP contribution in [0.5, 0.6) is 0 Å². The second kappa shape index (κ2) is 8.93. The van der Waals surface area contributed by atoms with E-state index in [-0.39, 0.29) is 11.3 Å². The molecule has 0 unspecified atom stereocenters. The molecule has 2 aromatic carbocycles. The molecule has 2 aromatic rings. The largest absolute Gasteiger partial charge is 0.338 e. The molecule has 0 spiro atoms. The molecule has 0 bridgehead atoms. The third-order valence-corrected chi connectivity index (χ3v) is 5.36. The molecule has 0 radical (unpaired) electrons. The lowest BCUT2D eigenvalue weighted by Crippen LogP contribution is -2.46. The number of hydrogen-bond acceptors (Lipinski definition) is 4. The van der Waals surface area contributed by atoms with Gasteiger partial charge in [-0.15, -0.1) is 0 Å². The van der Waals surface area contributed by atoms with Gasteiger partial charge in [-0.2, -0.15) is 0 Å². The van der Waals surface area contributed by atoms with E-state index in [1.807, 2.05) is 18.2 Å². The zero-order chi connectivity index (χ0) is 20.1. The highest BCUT2D eigenvalue weighted by Crippen LogP contribution is 2.21. The molecule has 1 fully saturated rings. The van der Waals surface area contributed by atoms with Gasteiger partial charge in [0.05, 0.1) is 16.6 Å². The summed E-state index contributed by atoms with van der Waals surface area (Å²) in [6, 6.07) is 13.9. The molecule has 0 aliphatic carbocycles. The zero-order valence-corrected chi connectivity index (χ0v) is 15.9. The van der Waals surface area contributed by atoms with Crippen LogP contribution >= 0.6 is 0 Å². The van der Waals surface area contributed by atoms with Crippen LogP contribution in [-0.2, 0) is 6.42 Å². The number of nitrogens with zero attached hydrogens (tertiary/aromatic N) is 3. The zero-order valence-electron chi connectivity index (χ0n) is 15.9. The molecular formula is C21H24FN3O3. The smallest absolute Gasteiger partial charge is 0.272 e. The van der Waals surface area contributed by atoms with Crippen molar-refractivity contribution >= 4 is 11.6 Å². The minimum Gasteiger partial charge on any atom is -0.338 e. The Morgan fingerprint density at radius 1 is 1.21 bits per heavy atom. The normalized spacial score (nSPS) is 15.0. The van der Waals surface area contributed by atoms with E-state index in [2.05, 4.69) is 24.1 Å².